The minimum Gasteiger partial charge on any atom is -0.459 e. The molecule has 0 aliphatic heterocycles. The molecule has 0 amide bonds. The van der Waals surface area contributed by atoms with Gasteiger partial charge in [-0.3, -0.25) is 0 Å². The largest absolute Gasteiger partial charge is 0.459 e. The molecule has 0 fully saturated rings. The van der Waals surface area contributed by atoms with Crippen LogP contribution in [0.2, 0.25) is 10.0 Å². The van der Waals surface area contributed by atoms with Gasteiger partial charge in [-0.25, -0.2) is 9.18 Å². The summed E-state index contributed by atoms with van der Waals surface area (Å²) in [6.07, 6.45) is 0. The van der Waals surface area contributed by atoms with Crippen molar-refractivity contribution in [2.45, 2.75) is 0 Å². The van der Waals surface area contributed by atoms with Gasteiger partial charge in [-0.1, -0.05) is 23.2 Å². The van der Waals surface area contributed by atoms with Crippen LogP contribution in [0.15, 0.2) is 12.1 Å². The minimum absolute atomic E-state index is 0.148. The SMILES string of the molecule is Nc1cc(C(=O)OCCF)cc(Cl)c1Cl. The molecule has 0 unspecified atom stereocenters. The molecule has 1 aromatic rings. The number of anilines is 1. The summed E-state index contributed by atoms with van der Waals surface area (Å²) in [5.74, 6) is -0.682. The van der Waals surface area contributed by atoms with Crippen molar-refractivity contribution in [3.05, 3.63) is 27.7 Å². The maximum atomic E-state index is 11.7. The van der Waals surface area contributed by atoms with E-state index in [0.717, 1.165) is 0 Å². The molecule has 0 aromatic heterocycles. The molecule has 0 saturated carbocycles. The Morgan fingerprint density at radius 1 is 1.47 bits per heavy atom. The van der Waals surface area contributed by atoms with Crippen molar-refractivity contribution in [2.24, 2.45) is 0 Å². The molecule has 3 nitrogen and oxygen atoms in total. The van der Waals surface area contributed by atoms with Crippen molar-refractivity contribution in [1.82, 2.24) is 0 Å². The average Bonchev–Trinajstić information content (AvgIpc) is 2.21. The third kappa shape index (κ3) is 2.97. The first-order valence-corrected chi connectivity index (χ1v) is 4.79. The van der Waals surface area contributed by atoms with Gasteiger partial charge in [0.15, 0.2) is 0 Å². The molecule has 0 aliphatic carbocycles. The van der Waals surface area contributed by atoms with E-state index in [1.807, 2.05) is 0 Å². The first kappa shape index (κ1) is 12.1. The molecule has 2 N–H and O–H groups in total. The normalized spacial score (nSPS) is 10.1. The molecule has 82 valence electrons. The zero-order chi connectivity index (χ0) is 11.4. The van der Waals surface area contributed by atoms with Crippen molar-refractivity contribution in [1.29, 1.82) is 0 Å². The number of nitrogens with two attached hydrogens (primary N) is 1. The van der Waals surface area contributed by atoms with E-state index in [-0.39, 0.29) is 27.9 Å². The second-order valence-corrected chi connectivity index (χ2v) is 3.47. The second-order valence-electron chi connectivity index (χ2n) is 2.69. The number of nitrogen functional groups attached to an aromatic ring is 1. The van der Waals surface area contributed by atoms with Crippen LogP contribution in [-0.2, 0) is 4.74 Å². The Morgan fingerprint density at radius 2 is 2.13 bits per heavy atom. The van der Waals surface area contributed by atoms with E-state index in [1.165, 1.54) is 12.1 Å². The zero-order valence-corrected chi connectivity index (χ0v) is 9.11. The van der Waals surface area contributed by atoms with Crippen LogP contribution in [0.4, 0.5) is 10.1 Å². The Kier molecular flexibility index (Phi) is 4.17. The zero-order valence-electron chi connectivity index (χ0n) is 7.60. The first-order chi connectivity index (χ1) is 7.06. The van der Waals surface area contributed by atoms with Crippen LogP contribution < -0.4 is 5.73 Å². The highest BCUT2D eigenvalue weighted by atomic mass is 35.5. The molecule has 0 aliphatic rings. The molecule has 0 atom stereocenters. The maximum Gasteiger partial charge on any atom is 0.338 e. The molecule has 1 rings (SSSR count). The molecule has 6 heteroatoms. The van der Waals surface area contributed by atoms with Crippen LogP contribution in [0, 0.1) is 0 Å². The molecule has 0 bridgehead atoms. The fourth-order valence-corrected chi connectivity index (χ4v) is 1.28. The third-order valence-corrected chi connectivity index (χ3v) is 2.42. The van der Waals surface area contributed by atoms with Gasteiger partial charge in [0.2, 0.25) is 0 Å². The molecular weight excluding hydrogens is 244 g/mol. The number of carbonyl (C=O) groups is 1. The van der Waals surface area contributed by atoms with E-state index in [9.17, 15) is 9.18 Å². The summed E-state index contributed by atoms with van der Waals surface area (Å²) < 4.78 is 16.3. The number of hydrogen-bond donors (Lipinski definition) is 1. The fourth-order valence-electron chi connectivity index (χ4n) is 0.943. The molecular formula is C9H8Cl2FNO2. The Morgan fingerprint density at radius 3 is 2.67 bits per heavy atom. The van der Waals surface area contributed by atoms with Gasteiger partial charge in [0.1, 0.15) is 13.3 Å². The van der Waals surface area contributed by atoms with E-state index in [4.69, 9.17) is 28.9 Å². The van der Waals surface area contributed by atoms with Crippen molar-refractivity contribution in [3.8, 4) is 0 Å². The summed E-state index contributed by atoms with van der Waals surface area (Å²) in [5.41, 5.74) is 5.82. The van der Waals surface area contributed by atoms with Gasteiger partial charge in [0.05, 0.1) is 21.3 Å². The average molecular weight is 252 g/mol. The van der Waals surface area contributed by atoms with E-state index in [2.05, 4.69) is 4.74 Å². The summed E-state index contributed by atoms with van der Waals surface area (Å²) in [6.45, 7) is -1.03. The summed E-state index contributed by atoms with van der Waals surface area (Å²) in [6, 6.07) is 2.65. The predicted octanol–water partition coefficient (Wildman–Crippen LogP) is 2.70. The molecule has 1 aromatic carbocycles. The monoisotopic (exact) mass is 251 g/mol. The van der Waals surface area contributed by atoms with E-state index in [0.29, 0.717) is 0 Å². The van der Waals surface area contributed by atoms with Crippen LogP contribution in [0.3, 0.4) is 0 Å². The minimum atomic E-state index is -0.734. The van der Waals surface area contributed by atoms with Gasteiger partial charge in [0.25, 0.3) is 0 Å². The van der Waals surface area contributed by atoms with E-state index in [1.54, 1.807) is 0 Å². The molecule has 15 heavy (non-hydrogen) atoms. The lowest BCUT2D eigenvalue weighted by Crippen LogP contribution is -2.08. The van der Waals surface area contributed by atoms with Crippen molar-refractivity contribution in [3.63, 3.8) is 0 Å². The Labute approximate surface area is 95.9 Å². The van der Waals surface area contributed by atoms with Crippen LogP contribution in [0.25, 0.3) is 0 Å². The van der Waals surface area contributed by atoms with Crippen LogP contribution in [0.1, 0.15) is 10.4 Å². The lowest BCUT2D eigenvalue weighted by Gasteiger charge is -2.05. The van der Waals surface area contributed by atoms with Crippen LogP contribution in [0.5, 0.6) is 0 Å². The van der Waals surface area contributed by atoms with Crippen LogP contribution >= 0.6 is 23.2 Å². The number of carbonyl (C=O) groups excluding carboxylic acids is 1. The van der Waals surface area contributed by atoms with Gasteiger partial charge in [-0.05, 0) is 12.1 Å². The Balaban J connectivity index is 2.91. The number of halogens is 3. The van der Waals surface area contributed by atoms with Gasteiger partial charge in [-0.2, -0.15) is 0 Å². The highest BCUT2D eigenvalue weighted by Crippen LogP contribution is 2.29. The number of esters is 1. The lowest BCUT2D eigenvalue weighted by molar-refractivity contribution is 0.0481. The van der Waals surface area contributed by atoms with Gasteiger partial charge >= 0.3 is 5.97 Å². The Bertz CT molecular complexity index is 361. The number of hydrogen-bond acceptors (Lipinski definition) is 3. The quantitative estimate of drug-likeness (QED) is 0.664. The second kappa shape index (κ2) is 5.19. The number of alkyl halides is 1. The van der Waals surface area contributed by atoms with Gasteiger partial charge < -0.3 is 10.5 Å². The van der Waals surface area contributed by atoms with Gasteiger partial charge in [-0.15, -0.1) is 0 Å². The lowest BCUT2D eigenvalue weighted by atomic mass is 10.2. The summed E-state index contributed by atoms with van der Waals surface area (Å²) in [4.78, 5) is 11.3. The van der Waals surface area contributed by atoms with Gasteiger partial charge in [0, 0.05) is 0 Å². The Hall–Kier alpha value is -1.00. The standard InChI is InChI=1S/C9H8Cl2FNO2/c10-6-3-5(4-7(13)8(6)11)9(14)15-2-1-12/h3-4H,1-2,13H2. The number of ether oxygens (including phenoxy) is 1. The molecule has 0 heterocycles. The predicted molar refractivity (Wildman–Crippen MR) is 57.1 cm³/mol. The summed E-state index contributed by atoms with van der Waals surface area (Å²) >= 11 is 11.4. The number of benzene rings is 1. The summed E-state index contributed by atoms with van der Waals surface area (Å²) in [7, 11) is 0. The summed E-state index contributed by atoms with van der Waals surface area (Å²) in [5, 5.41) is 0.336. The third-order valence-electron chi connectivity index (χ3n) is 1.60. The smallest absolute Gasteiger partial charge is 0.338 e. The molecule has 0 saturated heterocycles. The van der Waals surface area contributed by atoms with Crippen LogP contribution in [-0.4, -0.2) is 19.3 Å². The maximum absolute atomic E-state index is 11.7. The fraction of sp³-hybridized carbons (Fsp3) is 0.222. The first-order valence-electron chi connectivity index (χ1n) is 4.04. The van der Waals surface area contributed by atoms with Crippen molar-refractivity contribution >= 4 is 34.9 Å². The van der Waals surface area contributed by atoms with Crippen molar-refractivity contribution < 1.29 is 13.9 Å². The topological polar surface area (TPSA) is 52.3 Å². The van der Waals surface area contributed by atoms with Crippen molar-refractivity contribution in [2.75, 3.05) is 19.0 Å². The highest BCUT2D eigenvalue weighted by molar-refractivity contribution is 6.43. The highest BCUT2D eigenvalue weighted by Gasteiger charge is 2.12. The number of rotatable bonds is 3. The van der Waals surface area contributed by atoms with E-state index >= 15 is 0 Å². The van der Waals surface area contributed by atoms with E-state index < -0.39 is 12.6 Å². The molecule has 0 radical (unpaired) electrons. The molecule has 0 spiro atoms.